The van der Waals surface area contributed by atoms with Gasteiger partial charge in [-0.2, -0.15) is 0 Å². The fourth-order valence-electron chi connectivity index (χ4n) is 2.91. The summed E-state index contributed by atoms with van der Waals surface area (Å²) in [5.74, 6) is 2.04. The maximum absolute atomic E-state index is 11.6. The maximum atomic E-state index is 11.6. The van der Waals surface area contributed by atoms with Crippen molar-refractivity contribution in [3.05, 3.63) is 30.2 Å². The van der Waals surface area contributed by atoms with Crippen LogP contribution in [-0.4, -0.2) is 59.6 Å². The fourth-order valence-corrected chi connectivity index (χ4v) is 4.58. The number of nitrogens with zero attached hydrogens (tertiary/aromatic N) is 4. The Morgan fingerprint density at radius 1 is 1.38 bits per heavy atom. The molecule has 2 aromatic heterocycles. The monoisotopic (exact) mass is 492 g/mol. The van der Waals surface area contributed by atoms with E-state index in [0.717, 1.165) is 30.9 Å². The Morgan fingerprint density at radius 3 is 2.96 bits per heavy atom. The van der Waals surface area contributed by atoms with Crippen LogP contribution < -0.4 is 10.6 Å². The number of hydrogen-bond donors (Lipinski definition) is 2. The lowest BCUT2D eigenvalue weighted by Crippen LogP contribution is -2.44. The molecular formula is C16H25IN6O2S. The number of fused-ring (bicyclic) bond motifs is 1. The van der Waals surface area contributed by atoms with E-state index in [9.17, 15) is 8.42 Å². The topological polar surface area (TPSA) is 101 Å². The number of nitrogens with one attached hydrogen (secondary N) is 2. The highest BCUT2D eigenvalue weighted by atomic mass is 127. The third-order valence-corrected chi connectivity index (χ3v) is 5.90. The van der Waals surface area contributed by atoms with E-state index in [1.165, 1.54) is 0 Å². The minimum Gasteiger partial charge on any atom is -0.357 e. The van der Waals surface area contributed by atoms with Gasteiger partial charge in [0.2, 0.25) is 0 Å². The third-order valence-electron chi connectivity index (χ3n) is 4.13. The van der Waals surface area contributed by atoms with Crippen molar-refractivity contribution in [1.29, 1.82) is 0 Å². The predicted octanol–water partition coefficient (Wildman–Crippen LogP) is 1.02. The minimum absolute atomic E-state index is 0. The molecule has 1 aliphatic rings. The molecule has 26 heavy (non-hydrogen) atoms. The van der Waals surface area contributed by atoms with Crippen LogP contribution in [0.1, 0.15) is 25.6 Å². The van der Waals surface area contributed by atoms with E-state index in [0.29, 0.717) is 18.9 Å². The number of hydrogen-bond acceptors (Lipinski definition) is 5. The van der Waals surface area contributed by atoms with Crippen LogP contribution in [0.25, 0.3) is 5.65 Å². The number of rotatable bonds is 6. The highest BCUT2D eigenvalue weighted by Gasteiger charge is 2.28. The van der Waals surface area contributed by atoms with Crippen LogP contribution in [0.4, 0.5) is 0 Å². The molecule has 1 aliphatic heterocycles. The maximum Gasteiger partial charge on any atom is 0.191 e. The number of aryl methyl sites for hydroxylation is 1. The molecule has 1 saturated heterocycles. The summed E-state index contributed by atoms with van der Waals surface area (Å²) >= 11 is 0. The van der Waals surface area contributed by atoms with Gasteiger partial charge in [0.1, 0.15) is 5.82 Å². The van der Waals surface area contributed by atoms with Crippen LogP contribution in [0, 0.1) is 0 Å². The molecule has 2 N–H and O–H groups in total. The smallest absolute Gasteiger partial charge is 0.191 e. The van der Waals surface area contributed by atoms with Gasteiger partial charge in [-0.15, -0.1) is 34.2 Å². The zero-order chi connectivity index (χ0) is 17.7. The lowest BCUT2D eigenvalue weighted by molar-refractivity contribution is 0.599. The largest absolute Gasteiger partial charge is 0.357 e. The van der Waals surface area contributed by atoms with Crippen LogP contribution in [0.2, 0.25) is 0 Å². The Morgan fingerprint density at radius 2 is 2.23 bits per heavy atom. The average Bonchev–Trinajstić information content (AvgIpc) is 3.15. The van der Waals surface area contributed by atoms with E-state index in [4.69, 9.17) is 0 Å². The Bertz CT molecular complexity index is 851. The Kier molecular flexibility index (Phi) is 7.62. The lowest BCUT2D eigenvalue weighted by atomic mass is 10.3. The molecular weight excluding hydrogens is 467 g/mol. The highest BCUT2D eigenvalue weighted by Crippen LogP contribution is 2.11. The summed E-state index contributed by atoms with van der Waals surface area (Å²) in [7, 11) is -2.89. The SMILES string of the molecule is CCNC(=NCCCc1nnc2ccccn12)NC1CCS(=O)(=O)C1.I. The molecule has 0 saturated carbocycles. The van der Waals surface area contributed by atoms with Gasteiger partial charge in [-0.25, -0.2) is 8.42 Å². The van der Waals surface area contributed by atoms with Gasteiger partial charge in [0, 0.05) is 31.7 Å². The van der Waals surface area contributed by atoms with Crippen molar-refractivity contribution in [3.8, 4) is 0 Å². The summed E-state index contributed by atoms with van der Waals surface area (Å²) in [6.07, 6.45) is 4.22. The van der Waals surface area contributed by atoms with E-state index in [1.807, 2.05) is 35.7 Å². The summed E-state index contributed by atoms with van der Waals surface area (Å²) in [5, 5.41) is 14.7. The number of halogens is 1. The summed E-state index contributed by atoms with van der Waals surface area (Å²) in [6, 6.07) is 5.77. The molecule has 0 aliphatic carbocycles. The number of aliphatic imine (C=N–C) groups is 1. The van der Waals surface area contributed by atoms with Crippen molar-refractivity contribution in [2.45, 2.75) is 32.2 Å². The van der Waals surface area contributed by atoms with Crippen molar-refractivity contribution in [1.82, 2.24) is 25.2 Å². The van der Waals surface area contributed by atoms with Crippen LogP contribution in [-0.2, 0) is 16.3 Å². The van der Waals surface area contributed by atoms with Gasteiger partial charge in [0.05, 0.1) is 11.5 Å². The van der Waals surface area contributed by atoms with E-state index >= 15 is 0 Å². The number of aromatic nitrogens is 3. The molecule has 0 spiro atoms. The molecule has 0 amide bonds. The summed E-state index contributed by atoms with van der Waals surface area (Å²) in [6.45, 7) is 3.36. The zero-order valence-electron chi connectivity index (χ0n) is 14.8. The number of sulfone groups is 1. The molecule has 8 nitrogen and oxygen atoms in total. The first-order valence-electron chi connectivity index (χ1n) is 8.61. The van der Waals surface area contributed by atoms with Gasteiger partial charge >= 0.3 is 0 Å². The van der Waals surface area contributed by atoms with Crippen molar-refractivity contribution in [3.63, 3.8) is 0 Å². The molecule has 10 heteroatoms. The minimum atomic E-state index is -2.89. The average molecular weight is 492 g/mol. The van der Waals surface area contributed by atoms with Gasteiger partial charge in [0.25, 0.3) is 0 Å². The summed E-state index contributed by atoms with van der Waals surface area (Å²) in [4.78, 5) is 4.55. The van der Waals surface area contributed by atoms with Crippen LogP contribution in [0.3, 0.4) is 0 Å². The Hall–Kier alpha value is -1.43. The first-order valence-corrected chi connectivity index (χ1v) is 10.4. The zero-order valence-corrected chi connectivity index (χ0v) is 17.9. The van der Waals surface area contributed by atoms with Crippen LogP contribution >= 0.6 is 24.0 Å². The van der Waals surface area contributed by atoms with Crippen molar-refractivity contribution >= 4 is 45.4 Å². The first kappa shape index (κ1) is 20.9. The van der Waals surface area contributed by atoms with E-state index < -0.39 is 9.84 Å². The molecule has 0 aromatic carbocycles. The van der Waals surface area contributed by atoms with Crippen molar-refractivity contribution < 1.29 is 8.42 Å². The molecule has 2 aromatic rings. The van der Waals surface area contributed by atoms with Gasteiger partial charge < -0.3 is 10.6 Å². The molecule has 0 bridgehead atoms. The second kappa shape index (κ2) is 9.49. The second-order valence-electron chi connectivity index (χ2n) is 6.15. The standard InChI is InChI=1S/C16H24N6O2S.HI/c1-2-17-16(19-13-8-11-25(23,24)12-13)18-9-5-7-15-21-20-14-6-3-4-10-22(14)15;/h3-4,6,10,13H,2,5,7-9,11-12H2,1H3,(H2,17,18,19);1H. The molecule has 0 radical (unpaired) electrons. The van der Waals surface area contributed by atoms with Gasteiger partial charge in [-0.3, -0.25) is 9.39 Å². The summed E-state index contributed by atoms with van der Waals surface area (Å²) in [5.41, 5.74) is 0.846. The molecule has 144 valence electrons. The van der Waals surface area contributed by atoms with Gasteiger partial charge in [-0.1, -0.05) is 6.07 Å². The van der Waals surface area contributed by atoms with Crippen LogP contribution in [0.15, 0.2) is 29.4 Å². The quantitative estimate of drug-likeness (QED) is 0.271. The number of guanidine groups is 1. The first-order chi connectivity index (χ1) is 12.1. The molecule has 1 atom stereocenters. The summed E-state index contributed by atoms with van der Waals surface area (Å²) < 4.78 is 25.1. The van der Waals surface area contributed by atoms with Gasteiger partial charge in [0.15, 0.2) is 21.4 Å². The predicted molar refractivity (Wildman–Crippen MR) is 113 cm³/mol. The van der Waals surface area contributed by atoms with Gasteiger partial charge in [-0.05, 0) is 31.9 Å². The molecule has 3 heterocycles. The Balaban J connectivity index is 0.00000243. The molecule has 1 fully saturated rings. The normalized spacial score (nSPS) is 19.3. The molecule has 3 rings (SSSR count). The van der Waals surface area contributed by atoms with E-state index in [1.54, 1.807) is 0 Å². The third kappa shape index (κ3) is 5.53. The van der Waals surface area contributed by atoms with E-state index in [-0.39, 0.29) is 41.5 Å². The van der Waals surface area contributed by atoms with Crippen molar-refractivity contribution in [2.75, 3.05) is 24.6 Å². The molecule has 1 unspecified atom stereocenters. The van der Waals surface area contributed by atoms with Crippen LogP contribution in [0.5, 0.6) is 0 Å². The number of pyridine rings is 1. The second-order valence-corrected chi connectivity index (χ2v) is 8.38. The fraction of sp³-hybridized carbons (Fsp3) is 0.562. The Labute approximate surface area is 170 Å². The van der Waals surface area contributed by atoms with E-state index in [2.05, 4.69) is 25.8 Å². The highest BCUT2D eigenvalue weighted by molar-refractivity contribution is 14.0. The lowest BCUT2D eigenvalue weighted by Gasteiger charge is -2.15. The van der Waals surface area contributed by atoms with Crippen molar-refractivity contribution in [2.24, 2.45) is 4.99 Å².